The summed E-state index contributed by atoms with van der Waals surface area (Å²) >= 11 is 0. The monoisotopic (exact) mass is 558 g/mol. The summed E-state index contributed by atoms with van der Waals surface area (Å²) in [5.74, 6) is -0.221. The lowest BCUT2D eigenvalue weighted by Crippen LogP contribution is -2.50. The first-order valence-corrected chi connectivity index (χ1v) is 14.3. The van der Waals surface area contributed by atoms with E-state index in [9.17, 15) is 31.7 Å². The third kappa shape index (κ3) is 7.30. The Morgan fingerprint density at radius 3 is 2.22 bits per heavy atom. The Kier molecular flexibility index (Phi) is 9.83. The zero-order chi connectivity index (χ0) is 28.0. The van der Waals surface area contributed by atoms with Gasteiger partial charge in [-0.2, -0.15) is 0 Å². The van der Waals surface area contributed by atoms with Crippen LogP contribution >= 0.6 is 0 Å². The Balaban J connectivity index is 2.15. The Morgan fingerprint density at radius 1 is 1.11 bits per heavy atom. The number of amides is 1. The van der Waals surface area contributed by atoms with Crippen LogP contribution in [0.1, 0.15) is 13.3 Å². The van der Waals surface area contributed by atoms with E-state index < -0.39 is 36.9 Å². The number of carbonyl (C=O) groups is 1. The van der Waals surface area contributed by atoms with E-state index in [2.05, 4.69) is 5.32 Å². The zero-order valence-corrected chi connectivity index (χ0v) is 22.7. The molecule has 0 heterocycles. The van der Waals surface area contributed by atoms with Gasteiger partial charge in [-0.25, -0.2) is 21.1 Å². The van der Waals surface area contributed by atoms with Crippen molar-refractivity contribution in [1.82, 2.24) is 9.62 Å². The number of nitrogens with zero attached hydrogens (tertiary/aromatic N) is 3. The van der Waals surface area contributed by atoms with Gasteiger partial charge < -0.3 is 14.8 Å². The number of non-ortho nitro benzene ring substituents is 1. The fraction of sp³-hybridized carbons (Fsp3) is 0.409. The molecule has 1 atom stereocenters. The molecule has 15 heteroatoms. The molecule has 0 aliphatic heterocycles. The third-order valence-corrected chi connectivity index (χ3v) is 8.21. The second-order valence-corrected chi connectivity index (χ2v) is 12.0. The van der Waals surface area contributed by atoms with Crippen LogP contribution in [0.5, 0.6) is 11.5 Å². The molecule has 13 nitrogen and oxygen atoms in total. The summed E-state index contributed by atoms with van der Waals surface area (Å²) in [5, 5.41) is 13.9. The van der Waals surface area contributed by atoms with Crippen LogP contribution in [0.3, 0.4) is 0 Å². The number of benzene rings is 2. The van der Waals surface area contributed by atoms with Crippen molar-refractivity contribution in [1.29, 1.82) is 0 Å². The molecule has 0 unspecified atom stereocenters. The zero-order valence-electron chi connectivity index (χ0n) is 21.1. The third-order valence-electron chi connectivity index (χ3n) is 5.21. The van der Waals surface area contributed by atoms with Crippen molar-refractivity contribution in [3.63, 3.8) is 0 Å². The Labute approximate surface area is 216 Å². The maximum Gasteiger partial charge on any atom is 0.271 e. The fourth-order valence-electron chi connectivity index (χ4n) is 3.38. The number of carbonyl (C=O) groups excluding carboxylic acids is 1. The van der Waals surface area contributed by atoms with E-state index in [1.165, 1.54) is 57.6 Å². The van der Waals surface area contributed by atoms with E-state index in [4.69, 9.17) is 9.47 Å². The fourth-order valence-corrected chi connectivity index (χ4v) is 5.49. The summed E-state index contributed by atoms with van der Waals surface area (Å²) in [6, 6.07) is 8.00. The maximum atomic E-state index is 13.0. The van der Waals surface area contributed by atoms with Gasteiger partial charge in [-0.15, -0.1) is 0 Å². The summed E-state index contributed by atoms with van der Waals surface area (Å²) < 4.78 is 62.3. The molecule has 2 rings (SSSR count). The molecule has 2 aromatic carbocycles. The Morgan fingerprint density at radius 2 is 1.73 bits per heavy atom. The van der Waals surface area contributed by atoms with Gasteiger partial charge in [-0.3, -0.25) is 19.2 Å². The molecule has 0 bridgehead atoms. The van der Waals surface area contributed by atoms with Gasteiger partial charge >= 0.3 is 0 Å². The van der Waals surface area contributed by atoms with Crippen LogP contribution in [0, 0.1) is 10.1 Å². The minimum absolute atomic E-state index is 0.0107. The van der Waals surface area contributed by atoms with Crippen LogP contribution < -0.4 is 19.1 Å². The minimum atomic E-state index is -4.06. The highest BCUT2D eigenvalue weighted by Gasteiger charge is 2.34. The average Bonchev–Trinajstić information content (AvgIpc) is 2.83. The first-order valence-electron chi connectivity index (χ1n) is 11.0. The highest BCUT2D eigenvalue weighted by Crippen LogP contribution is 2.35. The summed E-state index contributed by atoms with van der Waals surface area (Å²) in [6.45, 7) is 1.63. The van der Waals surface area contributed by atoms with Crippen molar-refractivity contribution < 1.29 is 36.0 Å². The number of methoxy groups -OCH3 is 1. The van der Waals surface area contributed by atoms with E-state index in [1.54, 1.807) is 6.92 Å². The second kappa shape index (κ2) is 12.2. The topological polar surface area (TPSA) is 165 Å². The highest BCUT2D eigenvalue weighted by atomic mass is 32.2. The smallest absolute Gasteiger partial charge is 0.271 e. The number of ether oxygens (including phenoxy) is 2. The van der Waals surface area contributed by atoms with Crippen LogP contribution in [0.15, 0.2) is 47.4 Å². The van der Waals surface area contributed by atoms with Gasteiger partial charge in [0, 0.05) is 26.2 Å². The van der Waals surface area contributed by atoms with Crippen molar-refractivity contribution in [3.05, 3.63) is 52.6 Å². The summed E-state index contributed by atoms with van der Waals surface area (Å²) in [5.41, 5.74) is -0.497. The van der Waals surface area contributed by atoms with Crippen molar-refractivity contribution in [2.45, 2.75) is 24.3 Å². The van der Waals surface area contributed by atoms with E-state index in [-0.39, 0.29) is 41.6 Å². The average molecular weight is 559 g/mol. The van der Waals surface area contributed by atoms with Crippen LogP contribution in [0.4, 0.5) is 11.4 Å². The van der Waals surface area contributed by atoms with Gasteiger partial charge in [-0.05, 0) is 36.8 Å². The minimum Gasteiger partial charge on any atom is -0.495 e. The quantitative estimate of drug-likeness (QED) is 0.218. The first kappa shape index (κ1) is 29.8. The van der Waals surface area contributed by atoms with Gasteiger partial charge in [0.25, 0.3) is 5.69 Å². The number of nitro groups is 1. The molecule has 0 fully saturated rings. The van der Waals surface area contributed by atoms with Gasteiger partial charge in [0.1, 0.15) is 29.8 Å². The molecule has 204 valence electrons. The van der Waals surface area contributed by atoms with Crippen molar-refractivity contribution in [2.75, 3.05) is 44.9 Å². The predicted molar refractivity (Wildman–Crippen MR) is 137 cm³/mol. The van der Waals surface area contributed by atoms with E-state index in [0.717, 1.165) is 20.9 Å². The van der Waals surface area contributed by atoms with Gasteiger partial charge in [0.2, 0.25) is 26.0 Å². The van der Waals surface area contributed by atoms with Crippen molar-refractivity contribution in [2.24, 2.45) is 0 Å². The molecule has 2 aromatic rings. The van der Waals surface area contributed by atoms with E-state index in [1.807, 2.05) is 0 Å². The molecule has 1 N–H and O–H groups in total. The number of hydrogen-bond donors (Lipinski definition) is 1. The standard InChI is InChI=1S/C22H30N4O9S2/c1-6-19(25(36(5,30)31)20-15-16(26(28)29)7-12-21(20)34-4)22(27)23-13-14-35-17-8-10-18(11-9-17)37(32,33)24(2)3/h7-12,15,19H,6,13-14H2,1-5H3,(H,23,27)/t19-/m1/s1. The number of nitrogens with one attached hydrogen (secondary N) is 1. The molecule has 0 spiro atoms. The molecule has 37 heavy (non-hydrogen) atoms. The van der Waals surface area contributed by atoms with Gasteiger partial charge in [0.05, 0.1) is 29.7 Å². The largest absolute Gasteiger partial charge is 0.495 e. The van der Waals surface area contributed by atoms with Gasteiger partial charge in [0.15, 0.2) is 0 Å². The van der Waals surface area contributed by atoms with Crippen LogP contribution in [-0.4, -0.2) is 78.6 Å². The number of hydrogen-bond acceptors (Lipinski definition) is 9. The second-order valence-electron chi connectivity index (χ2n) is 7.99. The number of sulfonamides is 2. The van der Waals surface area contributed by atoms with Gasteiger partial charge in [-0.1, -0.05) is 6.92 Å². The van der Waals surface area contributed by atoms with Crippen LogP contribution in [0.25, 0.3) is 0 Å². The molecule has 0 saturated heterocycles. The number of rotatable bonds is 13. The molecule has 0 aromatic heterocycles. The predicted octanol–water partition coefficient (Wildman–Crippen LogP) is 1.59. The Bertz CT molecular complexity index is 1330. The highest BCUT2D eigenvalue weighted by molar-refractivity contribution is 7.92. The lowest BCUT2D eigenvalue weighted by molar-refractivity contribution is -0.384. The number of nitro benzene ring substituents is 1. The molecule has 0 aliphatic carbocycles. The van der Waals surface area contributed by atoms with Crippen molar-refractivity contribution in [3.8, 4) is 11.5 Å². The van der Waals surface area contributed by atoms with Crippen molar-refractivity contribution >= 4 is 37.3 Å². The van der Waals surface area contributed by atoms with Crippen LogP contribution in [-0.2, 0) is 24.8 Å². The van der Waals surface area contributed by atoms with Crippen LogP contribution in [0.2, 0.25) is 0 Å². The SMILES string of the molecule is CC[C@H](C(=O)NCCOc1ccc(S(=O)(=O)N(C)C)cc1)N(c1cc([N+](=O)[O-])ccc1OC)S(C)(=O)=O. The van der Waals surface area contributed by atoms with E-state index in [0.29, 0.717) is 5.75 Å². The maximum absolute atomic E-state index is 13.0. The molecule has 0 radical (unpaired) electrons. The molecule has 0 saturated carbocycles. The first-order chi connectivity index (χ1) is 17.2. The lowest BCUT2D eigenvalue weighted by atomic mass is 10.1. The molecular formula is C22H30N4O9S2. The lowest BCUT2D eigenvalue weighted by Gasteiger charge is -2.30. The molecule has 0 aliphatic rings. The normalized spacial score (nSPS) is 12.6. The summed E-state index contributed by atoms with van der Waals surface area (Å²) in [7, 11) is -3.51. The summed E-state index contributed by atoms with van der Waals surface area (Å²) in [4.78, 5) is 23.6. The number of anilines is 1. The molecular weight excluding hydrogens is 528 g/mol. The Hall–Kier alpha value is -3.43. The van der Waals surface area contributed by atoms with E-state index >= 15 is 0 Å². The summed E-state index contributed by atoms with van der Waals surface area (Å²) in [6.07, 6.45) is 0.956. The molecule has 1 amide bonds.